The van der Waals surface area contributed by atoms with Gasteiger partial charge >= 0.3 is 5.97 Å². The van der Waals surface area contributed by atoms with Crippen LogP contribution in [-0.4, -0.2) is 24.7 Å². The third-order valence-electron chi connectivity index (χ3n) is 2.63. The summed E-state index contributed by atoms with van der Waals surface area (Å²) in [7, 11) is -3.50. The average molecular weight is 285 g/mol. The summed E-state index contributed by atoms with van der Waals surface area (Å²) in [6, 6.07) is 3.79. The maximum atomic E-state index is 13.7. The number of anilines is 1. The second-order valence-electron chi connectivity index (χ2n) is 4.26. The molecular weight excluding hydrogens is 273 g/mol. The highest BCUT2D eigenvalue weighted by molar-refractivity contribution is 7.93. The fourth-order valence-corrected chi connectivity index (χ4v) is 2.90. The van der Waals surface area contributed by atoms with Crippen molar-refractivity contribution in [1.29, 1.82) is 0 Å². The molecule has 0 radical (unpaired) electrons. The van der Waals surface area contributed by atoms with Crippen LogP contribution in [0.15, 0.2) is 24.3 Å². The Balaban J connectivity index is 2.17. The van der Waals surface area contributed by atoms with Crippen LogP contribution >= 0.6 is 0 Å². The molecule has 0 atom stereocenters. The van der Waals surface area contributed by atoms with E-state index in [-0.39, 0.29) is 5.69 Å². The van der Waals surface area contributed by atoms with Crippen molar-refractivity contribution in [3.8, 4) is 0 Å². The highest BCUT2D eigenvalue weighted by atomic mass is 32.2. The SMILES string of the molecule is O=C(O)C=Cc1ccc(NS(=O)(=O)C2CC2)c(F)c1. The summed E-state index contributed by atoms with van der Waals surface area (Å²) in [5, 5.41) is 8.02. The van der Waals surface area contributed by atoms with Gasteiger partial charge in [-0.1, -0.05) is 6.07 Å². The molecule has 7 heteroatoms. The van der Waals surface area contributed by atoms with Crippen LogP contribution < -0.4 is 4.72 Å². The minimum absolute atomic E-state index is 0.126. The predicted octanol–water partition coefficient (Wildman–Crippen LogP) is 1.83. The highest BCUT2D eigenvalue weighted by Crippen LogP contribution is 2.30. The van der Waals surface area contributed by atoms with Crippen molar-refractivity contribution in [1.82, 2.24) is 0 Å². The van der Waals surface area contributed by atoms with Crippen molar-refractivity contribution in [3.05, 3.63) is 35.7 Å². The monoisotopic (exact) mass is 285 g/mol. The van der Waals surface area contributed by atoms with Crippen molar-refractivity contribution in [2.45, 2.75) is 18.1 Å². The van der Waals surface area contributed by atoms with E-state index < -0.39 is 27.1 Å². The van der Waals surface area contributed by atoms with Crippen LogP contribution in [0.5, 0.6) is 0 Å². The Hall–Kier alpha value is -1.89. The number of carbonyl (C=O) groups is 1. The van der Waals surface area contributed by atoms with E-state index in [4.69, 9.17) is 5.11 Å². The Bertz CT molecular complexity index is 635. The van der Waals surface area contributed by atoms with Crippen LogP contribution in [0.4, 0.5) is 10.1 Å². The number of carboxylic acid groups (broad SMARTS) is 1. The number of halogens is 1. The summed E-state index contributed by atoms with van der Waals surface area (Å²) >= 11 is 0. The molecule has 0 saturated heterocycles. The van der Waals surface area contributed by atoms with E-state index in [2.05, 4.69) is 4.72 Å². The Morgan fingerprint density at radius 1 is 1.42 bits per heavy atom. The molecule has 0 aromatic heterocycles. The Morgan fingerprint density at radius 3 is 2.63 bits per heavy atom. The van der Waals surface area contributed by atoms with Gasteiger partial charge in [-0.15, -0.1) is 0 Å². The molecule has 1 aliphatic carbocycles. The van der Waals surface area contributed by atoms with Crippen LogP contribution in [0.1, 0.15) is 18.4 Å². The molecule has 2 rings (SSSR count). The number of hydrogen-bond donors (Lipinski definition) is 2. The smallest absolute Gasteiger partial charge is 0.328 e. The molecule has 0 bridgehead atoms. The minimum atomic E-state index is -3.50. The maximum absolute atomic E-state index is 13.7. The summed E-state index contributed by atoms with van der Waals surface area (Å²) in [6.07, 6.45) is 3.29. The van der Waals surface area contributed by atoms with Crippen molar-refractivity contribution in [2.24, 2.45) is 0 Å². The lowest BCUT2D eigenvalue weighted by molar-refractivity contribution is -0.131. The van der Waals surface area contributed by atoms with Crippen molar-refractivity contribution in [3.63, 3.8) is 0 Å². The van der Waals surface area contributed by atoms with Crippen molar-refractivity contribution >= 4 is 27.8 Å². The van der Waals surface area contributed by atoms with Crippen LogP contribution in [0.2, 0.25) is 0 Å². The van der Waals surface area contributed by atoms with Crippen LogP contribution in [0.3, 0.4) is 0 Å². The van der Waals surface area contributed by atoms with Gasteiger partial charge in [0.1, 0.15) is 5.82 Å². The molecule has 1 aromatic carbocycles. The van der Waals surface area contributed by atoms with Gasteiger partial charge in [0, 0.05) is 6.08 Å². The Kier molecular flexibility index (Phi) is 3.57. The molecule has 0 spiro atoms. The Labute approximate surface area is 109 Å². The average Bonchev–Trinajstić information content (AvgIpc) is 3.13. The van der Waals surface area contributed by atoms with Gasteiger partial charge in [0.2, 0.25) is 10.0 Å². The summed E-state index contributed by atoms with van der Waals surface area (Å²) in [5.74, 6) is -1.88. The van der Waals surface area contributed by atoms with Gasteiger partial charge in [-0.05, 0) is 36.6 Å². The largest absolute Gasteiger partial charge is 0.478 e. The molecule has 1 aliphatic rings. The number of rotatable bonds is 5. The van der Waals surface area contributed by atoms with Crippen molar-refractivity contribution in [2.75, 3.05) is 4.72 Å². The quantitative estimate of drug-likeness (QED) is 0.808. The predicted molar refractivity (Wildman–Crippen MR) is 68.6 cm³/mol. The molecule has 0 unspecified atom stereocenters. The van der Waals surface area contributed by atoms with E-state index in [1.165, 1.54) is 18.2 Å². The fraction of sp³-hybridized carbons (Fsp3) is 0.250. The molecule has 1 saturated carbocycles. The highest BCUT2D eigenvalue weighted by Gasteiger charge is 2.36. The normalized spacial score (nSPS) is 15.6. The van der Waals surface area contributed by atoms with E-state index in [0.717, 1.165) is 12.1 Å². The third-order valence-corrected chi connectivity index (χ3v) is 4.48. The number of aliphatic carboxylic acids is 1. The Morgan fingerprint density at radius 2 is 2.11 bits per heavy atom. The van der Waals surface area contributed by atoms with Gasteiger partial charge in [0.15, 0.2) is 0 Å². The molecule has 1 fully saturated rings. The summed E-state index contributed by atoms with van der Waals surface area (Å²) < 4.78 is 39.2. The zero-order valence-electron chi connectivity index (χ0n) is 9.84. The molecule has 0 amide bonds. The van der Waals surface area contributed by atoms with E-state index in [0.29, 0.717) is 18.4 Å². The number of benzene rings is 1. The molecule has 102 valence electrons. The first-order valence-corrected chi connectivity index (χ1v) is 7.15. The summed E-state index contributed by atoms with van der Waals surface area (Å²) in [4.78, 5) is 10.3. The second-order valence-corrected chi connectivity index (χ2v) is 6.22. The number of sulfonamides is 1. The third kappa shape index (κ3) is 3.54. The topological polar surface area (TPSA) is 83.5 Å². The van der Waals surface area contributed by atoms with E-state index in [1.807, 2.05) is 0 Å². The molecule has 2 N–H and O–H groups in total. The lowest BCUT2D eigenvalue weighted by atomic mass is 10.2. The van der Waals surface area contributed by atoms with Gasteiger partial charge in [-0.25, -0.2) is 17.6 Å². The molecule has 1 aromatic rings. The second kappa shape index (κ2) is 5.00. The number of nitrogens with one attached hydrogen (secondary N) is 1. The summed E-state index contributed by atoms with van der Waals surface area (Å²) in [5.41, 5.74) is 0.216. The van der Waals surface area contributed by atoms with Crippen LogP contribution in [-0.2, 0) is 14.8 Å². The van der Waals surface area contributed by atoms with Gasteiger partial charge in [0.25, 0.3) is 0 Å². The standard InChI is InChI=1S/C12H12FNO4S/c13-10-7-8(2-6-12(15)16)1-5-11(10)14-19(17,18)9-3-4-9/h1-2,5-7,9,14H,3-4H2,(H,15,16). The molecule has 5 nitrogen and oxygen atoms in total. The first kappa shape index (κ1) is 13.5. The first-order valence-electron chi connectivity index (χ1n) is 5.61. The molecule has 19 heavy (non-hydrogen) atoms. The van der Waals surface area contributed by atoms with Gasteiger partial charge < -0.3 is 5.11 Å². The van der Waals surface area contributed by atoms with E-state index in [1.54, 1.807) is 0 Å². The molecule has 0 heterocycles. The summed E-state index contributed by atoms with van der Waals surface area (Å²) in [6.45, 7) is 0. The lowest BCUT2D eigenvalue weighted by Gasteiger charge is -2.08. The number of carboxylic acids is 1. The van der Waals surface area contributed by atoms with Gasteiger partial charge in [-0.2, -0.15) is 0 Å². The van der Waals surface area contributed by atoms with Gasteiger partial charge in [0.05, 0.1) is 10.9 Å². The lowest BCUT2D eigenvalue weighted by Crippen LogP contribution is -2.18. The molecule has 0 aliphatic heterocycles. The fourth-order valence-electron chi connectivity index (χ4n) is 1.50. The minimum Gasteiger partial charge on any atom is -0.478 e. The first-order chi connectivity index (χ1) is 8.88. The van der Waals surface area contributed by atoms with Gasteiger partial charge in [-0.3, -0.25) is 4.72 Å². The zero-order chi connectivity index (χ0) is 14.0. The zero-order valence-corrected chi connectivity index (χ0v) is 10.7. The molecular formula is C12H12FNO4S. The van der Waals surface area contributed by atoms with Crippen LogP contribution in [0.25, 0.3) is 6.08 Å². The van der Waals surface area contributed by atoms with E-state index in [9.17, 15) is 17.6 Å². The maximum Gasteiger partial charge on any atom is 0.328 e. The van der Waals surface area contributed by atoms with Crippen LogP contribution in [0, 0.1) is 5.82 Å². The number of hydrogen-bond acceptors (Lipinski definition) is 3. The van der Waals surface area contributed by atoms with Crippen molar-refractivity contribution < 1.29 is 22.7 Å². The van der Waals surface area contributed by atoms with E-state index >= 15 is 0 Å².